The number of benzene rings is 2. The number of alkyl halides is 3. The van der Waals surface area contributed by atoms with E-state index < -0.39 is 21.4 Å². The van der Waals surface area contributed by atoms with Crippen LogP contribution in [0.2, 0.25) is 0 Å². The van der Waals surface area contributed by atoms with Crippen molar-refractivity contribution in [1.82, 2.24) is 14.5 Å². The second-order valence-corrected chi connectivity index (χ2v) is 9.25. The minimum absolute atomic E-state index is 0.188. The van der Waals surface area contributed by atoms with Gasteiger partial charge in [0.05, 0.1) is 5.52 Å². The highest BCUT2D eigenvalue weighted by Crippen LogP contribution is 2.34. The molecule has 0 aliphatic rings. The van der Waals surface area contributed by atoms with Crippen LogP contribution in [0.5, 0.6) is 5.75 Å². The molecule has 0 bridgehead atoms. The van der Waals surface area contributed by atoms with Crippen LogP contribution >= 0.6 is 0 Å². The molecule has 7 nitrogen and oxygen atoms in total. The van der Waals surface area contributed by atoms with Crippen molar-refractivity contribution in [3.63, 3.8) is 0 Å². The minimum atomic E-state index is -5.81. The second-order valence-electron chi connectivity index (χ2n) is 7.72. The third kappa shape index (κ3) is 4.43. The second kappa shape index (κ2) is 8.64. The van der Waals surface area contributed by atoms with Gasteiger partial charge in [-0.2, -0.15) is 26.6 Å². The van der Waals surface area contributed by atoms with Crippen LogP contribution in [0.1, 0.15) is 22.5 Å². The lowest BCUT2D eigenvalue weighted by molar-refractivity contribution is -0.0499. The van der Waals surface area contributed by atoms with Crippen LogP contribution in [0.25, 0.3) is 16.9 Å². The number of hydrogen-bond donors (Lipinski definition) is 1. The highest BCUT2D eigenvalue weighted by atomic mass is 32.2. The molecule has 2 aromatic carbocycles. The third-order valence-corrected chi connectivity index (χ3v) is 6.32. The first-order valence-corrected chi connectivity index (χ1v) is 11.6. The molecule has 0 aliphatic heterocycles. The molecular formula is C23H21F3N4O3S. The Hall–Kier alpha value is -3.60. The van der Waals surface area contributed by atoms with Crippen molar-refractivity contribution in [3.8, 4) is 11.7 Å². The minimum Gasteiger partial charge on any atom is -0.375 e. The van der Waals surface area contributed by atoms with Crippen molar-refractivity contribution < 1.29 is 25.8 Å². The van der Waals surface area contributed by atoms with E-state index in [1.54, 1.807) is 17.6 Å². The summed E-state index contributed by atoms with van der Waals surface area (Å²) in [6.07, 6.45) is 0. The normalized spacial score (nSPS) is 12.2. The van der Waals surface area contributed by atoms with Crippen LogP contribution in [0.3, 0.4) is 0 Å². The molecule has 0 amide bonds. The van der Waals surface area contributed by atoms with Crippen LogP contribution < -0.4 is 9.50 Å². The summed E-state index contributed by atoms with van der Waals surface area (Å²) in [4.78, 5) is 9.20. The van der Waals surface area contributed by atoms with Gasteiger partial charge in [-0.05, 0) is 44.5 Å². The summed E-state index contributed by atoms with van der Waals surface area (Å²) in [6.45, 7) is 5.98. The van der Waals surface area contributed by atoms with E-state index in [2.05, 4.69) is 19.5 Å². The van der Waals surface area contributed by atoms with Gasteiger partial charge >= 0.3 is 15.6 Å². The maximum atomic E-state index is 12.8. The van der Waals surface area contributed by atoms with Crippen molar-refractivity contribution in [2.75, 3.05) is 5.32 Å². The molecule has 4 aromatic rings. The summed E-state index contributed by atoms with van der Waals surface area (Å²) in [5.41, 5.74) is -1.90. The molecule has 11 heteroatoms. The van der Waals surface area contributed by atoms with E-state index in [1.165, 1.54) is 18.2 Å². The first-order chi connectivity index (χ1) is 16.0. The van der Waals surface area contributed by atoms with Crippen LogP contribution in [0.15, 0.2) is 54.6 Å². The Morgan fingerprint density at radius 1 is 1.00 bits per heavy atom. The van der Waals surface area contributed by atoms with Gasteiger partial charge in [0.1, 0.15) is 5.82 Å². The van der Waals surface area contributed by atoms with Gasteiger partial charge in [-0.1, -0.05) is 36.4 Å². The fourth-order valence-electron chi connectivity index (χ4n) is 3.51. The number of aryl methyl sites for hydroxylation is 2. The molecule has 0 radical (unpaired) electrons. The molecular weight excluding hydrogens is 469 g/mol. The van der Waals surface area contributed by atoms with Crippen molar-refractivity contribution in [2.45, 2.75) is 32.8 Å². The Kier molecular flexibility index (Phi) is 5.98. The first kappa shape index (κ1) is 23.6. The zero-order valence-corrected chi connectivity index (χ0v) is 19.3. The van der Waals surface area contributed by atoms with Gasteiger partial charge in [-0.25, -0.2) is 4.98 Å². The lowest BCUT2D eigenvalue weighted by atomic mass is 10.2. The van der Waals surface area contributed by atoms with Crippen LogP contribution in [0, 0.1) is 20.8 Å². The molecule has 2 heterocycles. The van der Waals surface area contributed by atoms with E-state index in [9.17, 15) is 21.6 Å². The van der Waals surface area contributed by atoms with Crippen molar-refractivity contribution in [1.29, 1.82) is 0 Å². The predicted molar refractivity (Wildman–Crippen MR) is 122 cm³/mol. The average molecular weight is 491 g/mol. The quantitative estimate of drug-likeness (QED) is 0.296. The van der Waals surface area contributed by atoms with Gasteiger partial charge in [-0.15, -0.1) is 0 Å². The van der Waals surface area contributed by atoms with Crippen LogP contribution in [-0.4, -0.2) is 28.5 Å². The largest absolute Gasteiger partial charge is 0.534 e. The molecule has 178 valence electrons. The van der Waals surface area contributed by atoms with E-state index in [0.29, 0.717) is 35.2 Å². The summed E-state index contributed by atoms with van der Waals surface area (Å²) in [5.74, 6) is 0.476. The number of hydrogen-bond acceptors (Lipinski definition) is 6. The smallest absolute Gasteiger partial charge is 0.375 e. The monoisotopic (exact) mass is 490 g/mol. The first-order valence-electron chi connectivity index (χ1n) is 10.2. The van der Waals surface area contributed by atoms with E-state index >= 15 is 0 Å². The highest BCUT2D eigenvalue weighted by Gasteiger charge is 2.48. The standard InChI is InChI=1S/C23H21F3N4O3S/c1-14-12-18-19(10-7-11-20(18)33-34(31,32)23(24,25)26)30(14)22-28-16(3)15(2)21(29-22)27-13-17-8-5-4-6-9-17/h4-12H,13H2,1-3H3,(H,27,28,29). The Morgan fingerprint density at radius 3 is 2.38 bits per heavy atom. The van der Waals surface area contributed by atoms with Crippen LogP contribution in [0.4, 0.5) is 19.0 Å². The van der Waals surface area contributed by atoms with Crippen LogP contribution in [-0.2, 0) is 16.7 Å². The lowest BCUT2D eigenvalue weighted by Crippen LogP contribution is -2.28. The highest BCUT2D eigenvalue weighted by molar-refractivity contribution is 7.88. The van der Waals surface area contributed by atoms with E-state index in [1.807, 2.05) is 44.2 Å². The van der Waals surface area contributed by atoms with E-state index in [-0.39, 0.29) is 5.39 Å². The Bertz CT molecular complexity index is 1470. The molecule has 2 aromatic heterocycles. The third-order valence-electron chi connectivity index (χ3n) is 5.35. The lowest BCUT2D eigenvalue weighted by Gasteiger charge is -2.14. The predicted octanol–water partition coefficient (Wildman–Crippen LogP) is 5.19. The number of nitrogens with one attached hydrogen (secondary N) is 1. The number of anilines is 1. The molecule has 0 aliphatic carbocycles. The summed E-state index contributed by atoms with van der Waals surface area (Å²) in [7, 11) is -5.81. The number of rotatable bonds is 6. The van der Waals surface area contributed by atoms with Gasteiger partial charge < -0.3 is 9.50 Å². The van der Waals surface area contributed by atoms with Gasteiger partial charge in [0, 0.05) is 28.9 Å². The topological polar surface area (TPSA) is 86.1 Å². The fraction of sp³-hybridized carbons (Fsp3) is 0.217. The number of halogens is 3. The fourth-order valence-corrected chi connectivity index (χ4v) is 3.98. The summed E-state index contributed by atoms with van der Waals surface area (Å²) in [6, 6.07) is 15.5. The van der Waals surface area contributed by atoms with Gasteiger partial charge in [-0.3, -0.25) is 4.57 Å². The number of fused-ring (bicyclic) bond motifs is 1. The zero-order valence-electron chi connectivity index (χ0n) is 18.5. The number of aromatic nitrogens is 3. The van der Waals surface area contributed by atoms with E-state index in [4.69, 9.17) is 0 Å². The summed E-state index contributed by atoms with van der Waals surface area (Å²) >= 11 is 0. The Labute approximate surface area is 194 Å². The van der Waals surface area contributed by atoms with Crippen molar-refractivity contribution in [2.24, 2.45) is 0 Å². The molecule has 0 saturated carbocycles. The average Bonchev–Trinajstić information content (AvgIpc) is 3.11. The molecule has 34 heavy (non-hydrogen) atoms. The molecule has 0 saturated heterocycles. The van der Waals surface area contributed by atoms with E-state index in [0.717, 1.165) is 11.1 Å². The molecule has 0 atom stereocenters. The molecule has 4 rings (SSSR count). The van der Waals surface area contributed by atoms with Gasteiger partial charge in [0.25, 0.3) is 0 Å². The zero-order chi connectivity index (χ0) is 24.7. The molecule has 0 spiro atoms. The number of nitrogens with zero attached hydrogens (tertiary/aromatic N) is 3. The molecule has 1 N–H and O–H groups in total. The SMILES string of the molecule is Cc1nc(-n2c(C)cc3c(OS(=O)(=O)C(F)(F)F)cccc32)nc(NCc2ccccc2)c1C. The van der Waals surface area contributed by atoms with Gasteiger partial charge in [0.2, 0.25) is 5.95 Å². The Morgan fingerprint density at radius 2 is 1.71 bits per heavy atom. The molecule has 0 unspecified atom stereocenters. The van der Waals surface area contributed by atoms with Crippen molar-refractivity contribution in [3.05, 3.63) is 77.1 Å². The molecule has 0 fully saturated rings. The Balaban J connectivity index is 1.77. The maximum absolute atomic E-state index is 12.8. The summed E-state index contributed by atoms with van der Waals surface area (Å²) < 4.78 is 67.7. The summed E-state index contributed by atoms with van der Waals surface area (Å²) in [5, 5.41) is 3.49. The maximum Gasteiger partial charge on any atom is 0.534 e. The van der Waals surface area contributed by atoms with Gasteiger partial charge in [0.15, 0.2) is 5.75 Å². The van der Waals surface area contributed by atoms with Crippen molar-refractivity contribution >= 4 is 26.8 Å².